The summed E-state index contributed by atoms with van der Waals surface area (Å²) in [6.07, 6.45) is 3.97. The molecule has 0 saturated carbocycles. The van der Waals surface area contributed by atoms with Crippen LogP contribution in [0.4, 0.5) is 0 Å². The van der Waals surface area contributed by atoms with E-state index in [-0.39, 0.29) is 12.0 Å². The molecule has 2 unspecified atom stereocenters. The first-order valence-electron chi connectivity index (χ1n) is 5.77. The van der Waals surface area contributed by atoms with Crippen LogP contribution in [0, 0.1) is 5.92 Å². The number of carbonyl (C=O) groups excluding carboxylic acids is 1. The Balaban J connectivity index is 1.88. The lowest BCUT2D eigenvalue weighted by Gasteiger charge is -2.33. The van der Waals surface area contributed by atoms with Crippen LogP contribution in [0.5, 0.6) is 0 Å². The summed E-state index contributed by atoms with van der Waals surface area (Å²) in [5.74, 6) is 1.32. The van der Waals surface area contributed by atoms with Gasteiger partial charge in [0.1, 0.15) is 6.10 Å². The largest absolute Gasteiger partial charge is 0.368 e. The molecule has 2 saturated heterocycles. The molecule has 2 aliphatic heterocycles. The molecule has 15 heavy (non-hydrogen) atoms. The van der Waals surface area contributed by atoms with E-state index in [2.05, 4.69) is 0 Å². The van der Waals surface area contributed by atoms with E-state index in [0.717, 1.165) is 45.4 Å². The monoisotopic (exact) mass is 231 g/mol. The molecule has 0 N–H and O–H groups in total. The van der Waals surface area contributed by atoms with Crippen LogP contribution in [0.2, 0.25) is 0 Å². The maximum Gasteiger partial charge on any atom is 0.251 e. The molecule has 2 heterocycles. The van der Waals surface area contributed by atoms with Gasteiger partial charge in [0, 0.05) is 25.6 Å². The Hall–Kier alpha value is -0.280. The van der Waals surface area contributed by atoms with Crippen molar-refractivity contribution in [3.05, 3.63) is 0 Å². The lowest BCUT2D eigenvalue weighted by molar-refractivity contribution is -0.142. The lowest BCUT2D eigenvalue weighted by Crippen LogP contribution is -2.45. The van der Waals surface area contributed by atoms with Crippen molar-refractivity contribution in [2.75, 3.05) is 25.6 Å². The van der Waals surface area contributed by atoms with Gasteiger partial charge in [-0.3, -0.25) is 4.79 Å². The predicted octanol–water partition coefficient (Wildman–Crippen LogP) is 1.64. The number of likely N-dealkylation sites (tertiary alicyclic amines) is 1. The van der Waals surface area contributed by atoms with Crippen molar-refractivity contribution in [2.24, 2.45) is 5.92 Å². The maximum absolute atomic E-state index is 12.0. The highest BCUT2D eigenvalue weighted by Gasteiger charge is 2.30. The molecule has 0 bridgehead atoms. The standard InChI is InChI=1S/C11H18ClNO2/c12-7-9-3-1-5-13(8-9)11(14)10-4-2-6-15-10/h9-10H,1-8H2. The van der Waals surface area contributed by atoms with Gasteiger partial charge in [-0.05, 0) is 31.6 Å². The molecule has 0 spiro atoms. The van der Waals surface area contributed by atoms with Gasteiger partial charge < -0.3 is 9.64 Å². The quantitative estimate of drug-likeness (QED) is 0.677. The van der Waals surface area contributed by atoms with Gasteiger partial charge in [-0.15, -0.1) is 11.6 Å². The average Bonchev–Trinajstić information content (AvgIpc) is 2.81. The van der Waals surface area contributed by atoms with Crippen molar-refractivity contribution in [2.45, 2.75) is 31.8 Å². The molecule has 0 aromatic heterocycles. The summed E-state index contributed by atoms with van der Waals surface area (Å²) in [4.78, 5) is 14.0. The van der Waals surface area contributed by atoms with E-state index in [1.165, 1.54) is 0 Å². The van der Waals surface area contributed by atoms with Gasteiger partial charge in [0.25, 0.3) is 5.91 Å². The molecular weight excluding hydrogens is 214 g/mol. The van der Waals surface area contributed by atoms with Gasteiger partial charge in [0.2, 0.25) is 0 Å². The third kappa shape index (κ3) is 2.64. The van der Waals surface area contributed by atoms with Gasteiger partial charge in [0.05, 0.1) is 0 Å². The predicted molar refractivity (Wildman–Crippen MR) is 59.0 cm³/mol. The van der Waals surface area contributed by atoms with Crippen molar-refractivity contribution in [1.82, 2.24) is 4.90 Å². The maximum atomic E-state index is 12.0. The zero-order chi connectivity index (χ0) is 10.7. The Labute approximate surface area is 95.7 Å². The molecule has 2 atom stereocenters. The van der Waals surface area contributed by atoms with Gasteiger partial charge in [-0.2, -0.15) is 0 Å². The summed E-state index contributed by atoms with van der Waals surface area (Å²) in [6.45, 7) is 2.44. The van der Waals surface area contributed by atoms with E-state index in [1.807, 2.05) is 4.90 Å². The van der Waals surface area contributed by atoms with E-state index in [1.54, 1.807) is 0 Å². The molecular formula is C11H18ClNO2. The minimum Gasteiger partial charge on any atom is -0.368 e. The number of hydrogen-bond acceptors (Lipinski definition) is 2. The van der Waals surface area contributed by atoms with E-state index < -0.39 is 0 Å². The molecule has 0 radical (unpaired) electrons. The lowest BCUT2D eigenvalue weighted by atomic mass is 9.99. The van der Waals surface area contributed by atoms with Crippen LogP contribution < -0.4 is 0 Å². The fourth-order valence-corrected chi connectivity index (χ4v) is 2.62. The Morgan fingerprint density at radius 3 is 2.93 bits per heavy atom. The molecule has 1 amide bonds. The minimum absolute atomic E-state index is 0.168. The van der Waals surface area contributed by atoms with E-state index in [4.69, 9.17) is 16.3 Å². The number of nitrogens with zero attached hydrogens (tertiary/aromatic N) is 1. The summed E-state index contributed by atoms with van der Waals surface area (Å²) in [6, 6.07) is 0. The third-order valence-corrected chi connectivity index (χ3v) is 3.69. The zero-order valence-corrected chi connectivity index (χ0v) is 9.71. The second-order valence-electron chi connectivity index (χ2n) is 4.45. The number of rotatable bonds is 2. The van der Waals surface area contributed by atoms with Crippen LogP contribution in [-0.2, 0) is 9.53 Å². The highest BCUT2D eigenvalue weighted by molar-refractivity contribution is 6.18. The Bertz CT molecular complexity index is 229. The van der Waals surface area contributed by atoms with Gasteiger partial charge in [-0.1, -0.05) is 0 Å². The van der Waals surface area contributed by atoms with E-state index >= 15 is 0 Å². The summed E-state index contributed by atoms with van der Waals surface area (Å²) >= 11 is 5.84. The number of ether oxygens (including phenoxy) is 1. The molecule has 0 aliphatic carbocycles. The Kier molecular flexibility index (Phi) is 3.87. The molecule has 2 aliphatic rings. The molecule has 2 fully saturated rings. The van der Waals surface area contributed by atoms with Gasteiger partial charge in [0.15, 0.2) is 0 Å². The Morgan fingerprint density at radius 1 is 1.40 bits per heavy atom. The van der Waals surface area contributed by atoms with Crippen LogP contribution in [0.25, 0.3) is 0 Å². The Morgan fingerprint density at radius 2 is 2.27 bits per heavy atom. The van der Waals surface area contributed by atoms with Crippen molar-refractivity contribution >= 4 is 17.5 Å². The molecule has 86 valence electrons. The first kappa shape index (κ1) is 11.2. The van der Waals surface area contributed by atoms with Gasteiger partial charge >= 0.3 is 0 Å². The summed E-state index contributed by atoms with van der Waals surface area (Å²) in [5.41, 5.74) is 0. The molecule has 2 rings (SSSR count). The van der Waals surface area contributed by atoms with E-state index in [0.29, 0.717) is 11.8 Å². The molecule has 3 nitrogen and oxygen atoms in total. The number of halogens is 1. The molecule has 0 aromatic rings. The number of hydrogen-bond donors (Lipinski definition) is 0. The third-order valence-electron chi connectivity index (χ3n) is 3.25. The average molecular weight is 232 g/mol. The SMILES string of the molecule is O=C(C1CCCO1)N1CCCC(CCl)C1. The fourth-order valence-electron chi connectivity index (χ4n) is 2.37. The normalized spacial score (nSPS) is 31.9. The van der Waals surface area contributed by atoms with Gasteiger partial charge in [-0.25, -0.2) is 0 Å². The number of alkyl halides is 1. The van der Waals surface area contributed by atoms with Crippen molar-refractivity contribution in [3.63, 3.8) is 0 Å². The van der Waals surface area contributed by atoms with Crippen molar-refractivity contribution < 1.29 is 9.53 Å². The molecule has 4 heteroatoms. The highest BCUT2D eigenvalue weighted by Crippen LogP contribution is 2.21. The van der Waals surface area contributed by atoms with Crippen molar-refractivity contribution in [3.8, 4) is 0 Å². The summed E-state index contributed by atoms with van der Waals surface area (Å²) in [5, 5.41) is 0. The smallest absolute Gasteiger partial charge is 0.251 e. The second kappa shape index (κ2) is 5.17. The number of amides is 1. The van der Waals surface area contributed by atoms with Crippen molar-refractivity contribution in [1.29, 1.82) is 0 Å². The molecule has 0 aromatic carbocycles. The zero-order valence-electron chi connectivity index (χ0n) is 8.95. The number of carbonyl (C=O) groups is 1. The second-order valence-corrected chi connectivity index (χ2v) is 4.76. The van der Waals surface area contributed by atoms with Crippen LogP contribution in [-0.4, -0.2) is 42.5 Å². The van der Waals surface area contributed by atoms with Crippen LogP contribution in [0.15, 0.2) is 0 Å². The van der Waals surface area contributed by atoms with Crippen LogP contribution >= 0.6 is 11.6 Å². The first-order valence-corrected chi connectivity index (χ1v) is 6.31. The fraction of sp³-hybridized carbons (Fsp3) is 0.909. The topological polar surface area (TPSA) is 29.5 Å². The minimum atomic E-state index is -0.168. The van der Waals surface area contributed by atoms with Crippen LogP contribution in [0.1, 0.15) is 25.7 Å². The first-order chi connectivity index (χ1) is 7.31. The summed E-state index contributed by atoms with van der Waals surface area (Å²) < 4.78 is 5.41. The van der Waals surface area contributed by atoms with Crippen LogP contribution in [0.3, 0.4) is 0 Å². The highest BCUT2D eigenvalue weighted by atomic mass is 35.5. The van der Waals surface area contributed by atoms with E-state index in [9.17, 15) is 4.79 Å². The number of piperidine rings is 1. The summed E-state index contributed by atoms with van der Waals surface area (Å²) in [7, 11) is 0.